The molecule has 0 atom stereocenters. The standard InChI is InChI=1S/C20H16N4OS/c1-14-13-22-19(26-14)17-11-12-21-20(24-17)23-16-9-5-6-10-18(16)25-15-7-3-2-4-8-15/h2-13H,1H3,(H,21,23,24). The summed E-state index contributed by atoms with van der Waals surface area (Å²) in [7, 11) is 0. The number of nitrogens with zero attached hydrogens (tertiary/aromatic N) is 3. The van der Waals surface area contributed by atoms with Crippen LogP contribution in [0, 0.1) is 6.92 Å². The minimum absolute atomic E-state index is 0.500. The molecule has 5 nitrogen and oxygen atoms in total. The van der Waals surface area contributed by atoms with Crippen LogP contribution in [0.3, 0.4) is 0 Å². The molecular weight excluding hydrogens is 344 g/mol. The fraction of sp³-hybridized carbons (Fsp3) is 0.0500. The molecule has 0 amide bonds. The number of ether oxygens (including phenoxy) is 1. The third kappa shape index (κ3) is 3.70. The van der Waals surface area contributed by atoms with Crippen molar-refractivity contribution in [2.24, 2.45) is 0 Å². The molecule has 128 valence electrons. The molecule has 0 bridgehead atoms. The quantitative estimate of drug-likeness (QED) is 0.513. The van der Waals surface area contributed by atoms with E-state index in [-0.39, 0.29) is 0 Å². The monoisotopic (exact) mass is 360 g/mol. The van der Waals surface area contributed by atoms with Gasteiger partial charge in [0.15, 0.2) is 5.75 Å². The highest BCUT2D eigenvalue weighted by Crippen LogP contribution is 2.31. The first-order valence-corrected chi connectivity index (χ1v) is 8.94. The van der Waals surface area contributed by atoms with E-state index in [1.165, 1.54) is 0 Å². The van der Waals surface area contributed by atoms with Gasteiger partial charge in [-0.2, -0.15) is 0 Å². The summed E-state index contributed by atoms with van der Waals surface area (Å²) in [4.78, 5) is 14.4. The number of para-hydroxylation sites is 3. The molecule has 0 aliphatic heterocycles. The number of aryl methyl sites for hydroxylation is 1. The third-order valence-corrected chi connectivity index (χ3v) is 4.54. The summed E-state index contributed by atoms with van der Waals surface area (Å²) in [6.07, 6.45) is 3.57. The van der Waals surface area contributed by atoms with Crippen molar-refractivity contribution in [2.75, 3.05) is 5.32 Å². The van der Waals surface area contributed by atoms with Gasteiger partial charge < -0.3 is 10.1 Å². The topological polar surface area (TPSA) is 59.9 Å². The Balaban J connectivity index is 1.60. The Morgan fingerprint density at radius 1 is 0.923 bits per heavy atom. The van der Waals surface area contributed by atoms with Gasteiger partial charge in [0.2, 0.25) is 5.95 Å². The molecule has 26 heavy (non-hydrogen) atoms. The molecule has 0 saturated heterocycles. The number of nitrogens with one attached hydrogen (secondary N) is 1. The summed E-state index contributed by atoms with van der Waals surface area (Å²) >= 11 is 1.61. The highest BCUT2D eigenvalue weighted by atomic mass is 32.1. The van der Waals surface area contributed by atoms with Gasteiger partial charge in [0, 0.05) is 17.3 Å². The Kier molecular flexibility index (Phi) is 4.57. The van der Waals surface area contributed by atoms with Crippen LogP contribution in [0.5, 0.6) is 11.5 Å². The van der Waals surface area contributed by atoms with Gasteiger partial charge in [0.1, 0.15) is 16.5 Å². The summed E-state index contributed by atoms with van der Waals surface area (Å²) in [5.41, 5.74) is 1.59. The van der Waals surface area contributed by atoms with Crippen LogP contribution in [0.15, 0.2) is 73.1 Å². The van der Waals surface area contributed by atoms with E-state index in [1.54, 1.807) is 17.5 Å². The zero-order chi connectivity index (χ0) is 17.8. The van der Waals surface area contributed by atoms with E-state index in [0.717, 1.165) is 27.0 Å². The van der Waals surface area contributed by atoms with Gasteiger partial charge in [-0.25, -0.2) is 15.0 Å². The van der Waals surface area contributed by atoms with E-state index in [0.29, 0.717) is 11.7 Å². The molecule has 0 radical (unpaired) electrons. The van der Waals surface area contributed by atoms with E-state index < -0.39 is 0 Å². The van der Waals surface area contributed by atoms with Crippen LogP contribution in [0.25, 0.3) is 10.7 Å². The molecule has 0 fully saturated rings. The smallest absolute Gasteiger partial charge is 0.227 e. The van der Waals surface area contributed by atoms with E-state index in [4.69, 9.17) is 4.74 Å². The molecule has 0 aliphatic carbocycles. The molecule has 0 unspecified atom stereocenters. The summed E-state index contributed by atoms with van der Waals surface area (Å²) in [6.45, 7) is 2.03. The van der Waals surface area contributed by atoms with E-state index in [9.17, 15) is 0 Å². The van der Waals surface area contributed by atoms with Crippen molar-refractivity contribution >= 4 is 23.0 Å². The van der Waals surface area contributed by atoms with Crippen LogP contribution in [0.4, 0.5) is 11.6 Å². The number of hydrogen-bond acceptors (Lipinski definition) is 6. The molecule has 6 heteroatoms. The van der Waals surface area contributed by atoms with Gasteiger partial charge in [-0.05, 0) is 37.3 Å². The maximum Gasteiger partial charge on any atom is 0.227 e. The predicted molar refractivity (Wildman–Crippen MR) is 104 cm³/mol. The predicted octanol–water partition coefficient (Wildman–Crippen LogP) is 5.44. The summed E-state index contributed by atoms with van der Waals surface area (Å²) in [6, 6.07) is 19.2. The normalized spacial score (nSPS) is 10.5. The zero-order valence-corrected chi connectivity index (χ0v) is 14.9. The Hall–Kier alpha value is -3.25. The average Bonchev–Trinajstić information content (AvgIpc) is 3.11. The molecule has 2 heterocycles. The van der Waals surface area contributed by atoms with Crippen molar-refractivity contribution in [1.29, 1.82) is 0 Å². The molecule has 4 rings (SSSR count). The number of anilines is 2. The first-order chi connectivity index (χ1) is 12.8. The maximum absolute atomic E-state index is 5.97. The Morgan fingerprint density at radius 3 is 2.54 bits per heavy atom. The first kappa shape index (κ1) is 16.2. The molecule has 4 aromatic rings. The van der Waals surface area contributed by atoms with Gasteiger partial charge in [-0.15, -0.1) is 11.3 Å². The van der Waals surface area contributed by atoms with Gasteiger partial charge in [0.25, 0.3) is 0 Å². The molecule has 2 aromatic heterocycles. The third-order valence-electron chi connectivity index (χ3n) is 3.60. The lowest BCUT2D eigenvalue weighted by Gasteiger charge is -2.12. The minimum atomic E-state index is 0.500. The first-order valence-electron chi connectivity index (χ1n) is 8.13. The lowest BCUT2D eigenvalue weighted by Crippen LogP contribution is -1.99. The zero-order valence-electron chi connectivity index (χ0n) is 14.1. The Labute approximate surface area is 155 Å². The van der Waals surface area contributed by atoms with Crippen molar-refractivity contribution in [2.45, 2.75) is 6.92 Å². The van der Waals surface area contributed by atoms with Crippen LogP contribution in [0.2, 0.25) is 0 Å². The van der Waals surface area contributed by atoms with Crippen molar-refractivity contribution in [3.8, 4) is 22.2 Å². The lowest BCUT2D eigenvalue weighted by molar-refractivity contribution is 0.485. The van der Waals surface area contributed by atoms with Gasteiger partial charge in [0.05, 0.1) is 5.69 Å². The maximum atomic E-state index is 5.97. The van der Waals surface area contributed by atoms with Crippen LogP contribution in [-0.2, 0) is 0 Å². The largest absolute Gasteiger partial charge is 0.455 e. The van der Waals surface area contributed by atoms with Crippen molar-refractivity contribution < 1.29 is 4.74 Å². The average molecular weight is 360 g/mol. The molecule has 1 N–H and O–H groups in total. The minimum Gasteiger partial charge on any atom is -0.455 e. The highest BCUT2D eigenvalue weighted by molar-refractivity contribution is 7.14. The van der Waals surface area contributed by atoms with Crippen LogP contribution < -0.4 is 10.1 Å². The number of rotatable bonds is 5. The SMILES string of the molecule is Cc1cnc(-c2ccnc(Nc3ccccc3Oc3ccccc3)n2)s1. The van der Waals surface area contributed by atoms with Crippen molar-refractivity contribution in [1.82, 2.24) is 15.0 Å². The van der Waals surface area contributed by atoms with Gasteiger partial charge >= 0.3 is 0 Å². The fourth-order valence-corrected chi connectivity index (χ4v) is 3.14. The van der Waals surface area contributed by atoms with E-state index >= 15 is 0 Å². The van der Waals surface area contributed by atoms with Crippen molar-refractivity contribution in [3.05, 3.63) is 77.9 Å². The van der Waals surface area contributed by atoms with Crippen LogP contribution >= 0.6 is 11.3 Å². The molecular formula is C20H16N4OS. The molecule has 2 aromatic carbocycles. The number of thiazole rings is 1. The summed E-state index contributed by atoms with van der Waals surface area (Å²) in [5.74, 6) is 1.98. The van der Waals surface area contributed by atoms with Crippen LogP contribution in [0.1, 0.15) is 4.88 Å². The lowest BCUT2D eigenvalue weighted by atomic mass is 10.3. The molecule has 0 saturated carbocycles. The van der Waals surface area contributed by atoms with Crippen molar-refractivity contribution in [3.63, 3.8) is 0 Å². The molecule has 0 spiro atoms. The second-order valence-electron chi connectivity index (χ2n) is 5.58. The van der Waals surface area contributed by atoms with Gasteiger partial charge in [-0.1, -0.05) is 30.3 Å². The van der Waals surface area contributed by atoms with Crippen LogP contribution in [-0.4, -0.2) is 15.0 Å². The Bertz CT molecular complexity index is 1020. The fourth-order valence-electron chi connectivity index (χ4n) is 2.41. The number of aromatic nitrogens is 3. The van der Waals surface area contributed by atoms with E-state index in [1.807, 2.05) is 73.8 Å². The second-order valence-corrected chi connectivity index (χ2v) is 6.81. The Morgan fingerprint density at radius 2 is 1.73 bits per heavy atom. The van der Waals surface area contributed by atoms with E-state index in [2.05, 4.69) is 20.3 Å². The highest BCUT2D eigenvalue weighted by Gasteiger charge is 2.09. The number of hydrogen-bond donors (Lipinski definition) is 1. The van der Waals surface area contributed by atoms with Gasteiger partial charge in [-0.3, -0.25) is 0 Å². The summed E-state index contributed by atoms with van der Waals surface area (Å²) in [5, 5.41) is 4.12. The molecule has 0 aliphatic rings. The summed E-state index contributed by atoms with van der Waals surface area (Å²) < 4.78 is 5.97. The second kappa shape index (κ2) is 7.33. The number of benzene rings is 2.